The fraction of sp³-hybridized carbons (Fsp3) is 0.250. The first-order valence-corrected chi connectivity index (χ1v) is 8.04. The van der Waals surface area contributed by atoms with Gasteiger partial charge in [-0.2, -0.15) is 0 Å². The third kappa shape index (κ3) is 3.51. The molecule has 0 spiro atoms. The van der Waals surface area contributed by atoms with Crippen molar-refractivity contribution < 1.29 is 14.6 Å². The highest BCUT2D eigenvalue weighted by Gasteiger charge is 2.24. The van der Waals surface area contributed by atoms with Crippen molar-refractivity contribution in [2.75, 3.05) is 14.2 Å². The Bertz CT molecular complexity index is 779. The van der Waals surface area contributed by atoms with Crippen molar-refractivity contribution in [3.63, 3.8) is 0 Å². The molecule has 3 rings (SSSR count). The minimum atomic E-state index is -1.06. The zero-order valence-corrected chi connectivity index (χ0v) is 14.8. The summed E-state index contributed by atoms with van der Waals surface area (Å²) in [4.78, 5) is 7.92. The van der Waals surface area contributed by atoms with Crippen molar-refractivity contribution >= 4 is 0 Å². The van der Waals surface area contributed by atoms with E-state index in [2.05, 4.69) is 9.97 Å². The third-order valence-electron chi connectivity index (χ3n) is 4.03. The Morgan fingerprint density at radius 1 is 0.840 bits per heavy atom. The lowest BCUT2D eigenvalue weighted by atomic mass is 10.0. The van der Waals surface area contributed by atoms with E-state index in [1.54, 1.807) is 28.1 Å². The van der Waals surface area contributed by atoms with Gasteiger partial charge in [0.15, 0.2) is 0 Å². The van der Waals surface area contributed by atoms with Crippen LogP contribution in [0, 0.1) is 0 Å². The number of nitrogens with zero attached hydrogens (tertiary/aromatic N) is 1. The summed E-state index contributed by atoms with van der Waals surface area (Å²) in [5.41, 5.74) is 2.48. The van der Waals surface area contributed by atoms with E-state index in [1.165, 1.54) is 0 Å². The molecular weight excluding hydrogens is 316 g/mol. The van der Waals surface area contributed by atoms with Gasteiger partial charge in [-0.25, -0.2) is 4.98 Å². The van der Waals surface area contributed by atoms with Crippen LogP contribution in [-0.4, -0.2) is 29.3 Å². The highest BCUT2D eigenvalue weighted by molar-refractivity contribution is 5.79. The summed E-state index contributed by atoms with van der Waals surface area (Å²) in [5.74, 6) is 2.09. The van der Waals surface area contributed by atoms with Gasteiger partial charge in [0, 0.05) is 11.1 Å². The van der Waals surface area contributed by atoms with Crippen molar-refractivity contribution in [1.82, 2.24) is 9.97 Å². The molecule has 0 unspecified atom stereocenters. The molecule has 1 aromatic heterocycles. The zero-order valence-electron chi connectivity index (χ0n) is 14.8. The van der Waals surface area contributed by atoms with E-state index < -0.39 is 5.60 Å². The van der Waals surface area contributed by atoms with Crippen LogP contribution in [0.2, 0.25) is 0 Å². The molecule has 2 N–H and O–H groups in total. The second-order valence-electron chi connectivity index (χ2n) is 6.33. The highest BCUT2D eigenvalue weighted by Crippen LogP contribution is 2.34. The summed E-state index contributed by atoms with van der Waals surface area (Å²) in [5, 5.41) is 10.4. The average Bonchev–Trinajstić information content (AvgIpc) is 3.07. The molecule has 0 atom stereocenters. The lowest BCUT2D eigenvalue weighted by Crippen LogP contribution is -2.17. The van der Waals surface area contributed by atoms with E-state index >= 15 is 0 Å². The summed E-state index contributed by atoms with van der Waals surface area (Å²) in [7, 11) is 3.28. The number of methoxy groups -OCH3 is 2. The predicted octanol–water partition coefficient (Wildman–Crippen LogP) is 3.99. The molecule has 25 heavy (non-hydrogen) atoms. The molecule has 5 nitrogen and oxygen atoms in total. The molecule has 0 aliphatic heterocycles. The number of aromatic nitrogens is 2. The Kier molecular flexibility index (Phi) is 4.51. The van der Waals surface area contributed by atoms with E-state index in [4.69, 9.17) is 9.47 Å². The highest BCUT2D eigenvalue weighted by atomic mass is 16.5. The lowest BCUT2D eigenvalue weighted by molar-refractivity contribution is 0.0698. The molecule has 130 valence electrons. The normalized spacial score (nSPS) is 11.4. The van der Waals surface area contributed by atoms with Gasteiger partial charge in [-0.05, 0) is 62.4 Å². The van der Waals surface area contributed by atoms with Crippen molar-refractivity contribution in [3.8, 4) is 34.0 Å². The minimum Gasteiger partial charge on any atom is -0.497 e. The van der Waals surface area contributed by atoms with Crippen LogP contribution in [0.5, 0.6) is 11.5 Å². The summed E-state index contributed by atoms with van der Waals surface area (Å²) in [6, 6.07) is 15.4. The number of imidazole rings is 1. The Hall–Kier alpha value is -2.79. The van der Waals surface area contributed by atoms with E-state index in [0.29, 0.717) is 5.82 Å². The molecule has 0 aliphatic carbocycles. The largest absolute Gasteiger partial charge is 0.497 e. The second-order valence-corrected chi connectivity index (χ2v) is 6.33. The molecule has 0 aliphatic rings. The molecular formula is C20H22N2O3. The second kappa shape index (κ2) is 6.61. The van der Waals surface area contributed by atoms with Crippen LogP contribution in [0.15, 0.2) is 48.5 Å². The Labute approximate surface area is 147 Å². The van der Waals surface area contributed by atoms with Crippen LogP contribution in [-0.2, 0) is 5.60 Å². The third-order valence-corrected chi connectivity index (χ3v) is 4.03. The summed E-state index contributed by atoms with van der Waals surface area (Å²) in [6.07, 6.45) is 0. The van der Waals surface area contributed by atoms with Crippen LogP contribution in [0.4, 0.5) is 0 Å². The monoisotopic (exact) mass is 338 g/mol. The van der Waals surface area contributed by atoms with E-state index in [-0.39, 0.29) is 0 Å². The molecule has 0 fully saturated rings. The van der Waals surface area contributed by atoms with Crippen LogP contribution < -0.4 is 9.47 Å². The maximum atomic E-state index is 10.4. The Morgan fingerprint density at radius 3 is 1.76 bits per heavy atom. The number of benzene rings is 2. The van der Waals surface area contributed by atoms with Crippen LogP contribution >= 0.6 is 0 Å². The van der Waals surface area contributed by atoms with Gasteiger partial charge in [0.1, 0.15) is 22.9 Å². The number of nitrogens with one attached hydrogen (secondary N) is 1. The smallest absolute Gasteiger partial charge is 0.138 e. The standard InChI is InChI=1S/C20H22N2O3/c1-20(2,23)19-21-17(13-5-9-15(24-3)10-6-13)18(22-19)14-7-11-16(25-4)12-8-14/h5-12,23H,1-4H3,(H,21,22). The predicted molar refractivity (Wildman–Crippen MR) is 97.8 cm³/mol. The molecule has 2 aromatic carbocycles. The zero-order chi connectivity index (χ0) is 18.0. The minimum absolute atomic E-state index is 0.518. The number of aliphatic hydroxyl groups is 1. The van der Waals surface area contributed by atoms with Gasteiger partial charge in [-0.1, -0.05) is 0 Å². The number of ether oxygens (including phenoxy) is 2. The fourth-order valence-electron chi connectivity index (χ4n) is 2.59. The molecule has 3 aromatic rings. The van der Waals surface area contributed by atoms with Crippen LogP contribution in [0.3, 0.4) is 0 Å². The van der Waals surface area contributed by atoms with Gasteiger partial charge in [0.2, 0.25) is 0 Å². The molecule has 0 saturated carbocycles. The molecule has 0 radical (unpaired) electrons. The van der Waals surface area contributed by atoms with Gasteiger partial charge in [-0.3, -0.25) is 0 Å². The van der Waals surface area contributed by atoms with Gasteiger partial charge in [0.25, 0.3) is 0 Å². The molecule has 0 saturated heterocycles. The summed E-state index contributed by atoms with van der Waals surface area (Å²) < 4.78 is 10.4. The van der Waals surface area contributed by atoms with Crippen molar-refractivity contribution in [1.29, 1.82) is 0 Å². The van der Waals surface area contributed by atoms with Crippen molar-refractivity contribution in [2.45, 2.75) is 19.4 Å². The number of rotatable bonds is 5. The summed E-state index contributed by atoms with van der Waals surface area (Å²) >= 11 is 0. The quantitative estimate of drug-likeness (QED) is 0.738. The average molecular weight is 338 g/mol. The summed E-state index contributed by atoms with van der Waals surface area (Å²) in [6.45, 7) is 3.42. The maximum Gasteiger partial charge on any atom is 0.138 e. The Balaban J connectivity index is 2.12. The van der Waals surface area contributed by atoms with Crippen molar-refractivity contribution in [3.05, 3.63) is 54.4 Å². The van der Waals surface area contributed by atoms with Crippen LogP contribution in [0.1, 0.15) is 19.7 Å². The maximum absolute atomic E-state index is 10.4. The van der Waals surface area contributed by atoms with E-state index in [9.17, 15) is 5.11 Å². The Morgan fingerprint density at radius 2 is 1.32 bits per heavy atom. The first-order chi connectivity index (χ1) is 11.9. The number of hydrogen-bond donors (Lipinski definition) is 2. The number of aromatic amines is 1. The first kappa shape index (κ1) is 17.0. The molecule has 0 amide bonds. The van der Waals surface area contributed by atoms with Gasteiger partial charge in [0.05, 0.1) is 25.6 Å². The van der Waals surface area contributed by atoms with Gasteiger partial charge in [-0.15, -0.1) is 0 Å². The van der Waals surface area contributed by atoms with E-state index in [0.717, 1.165) is 34.0 Å². The number of H-pyrrole nitrogens is 1. The first-order valence-electron chi connectivity index (χ1n) is 8.04. The SMILES string of the molecule is COc1ccc(-c2nc(C(C)(C)O)[nH]c2-c2ccc(OC)cc2)cc1. The lowest BCUT2D eigenvalue weighted by Gasteiger charge is -2.13. The van der Waals surface area contributed by atoms with Crippen molar-refractivity contribution in [2.24, 2.45) is 0 Å². The van der Waals surface area contributed by atoms with Crippen LogP contribution in [0.25, 0.3) is 22.5 Å². The fourth-order valence-corrected chi connectivity index (χ4v) is 2.59. The topological polar surface area (TPSA) is 67.4 Å². The molecule has 1 heterocycles. The van der Waals surface area contributed by atoms with Gasteiger partial charge >= 0.3 is 0 Å². The molecule has 0 bridgehead atoms. The van der Waals surface area contributed by atoms with Gasteiger partial charge < -0.3 is 19.6 Å². The van der Waals surface area contributed by atoms with E-state index in [1.807, 2.05) is 48.5 Å². The number of hydrogen-bond acceptors (Lipinski definition) is 4. The molecule has 5 heteroatoms.